The van der Waals surface area contributed by atoms with Crippen molar-refractivity contribution in [3.8, 4) is 11.8 Å². The summed E-state index contributed by atoms with van der Waals surface area (Å²) < 4.78 is 5.30. The van der Waals surface area contributed by atoms with Crippen molar-refractivity contribution in [1.82, 2.24) is 4.98 Å². The minimum Gasteiger partial charge on any atom is -0.482 e. The van der Waals surface area contributed by atoms with E-state index in [0.29, 0.717) is 17.0 Å². The maximum absolute atomic E-state index is 11.3. The molecule has 1 aromatic heterocycles. The fraction of sp³-hybridized carbons (Fsp3) is 0.0714. The van der Waals surface area contributed by atoms with Crippen LogP contribution in [0, 0.1) is 11.3 Å². The monoisotopic (exact) mass is 283 g/mol. The fourth-order valence-electron chi connectivity index (χ4n) is 1.75. The van der Waals surface area contributed by atoms with Crippen molar-refractivity contribution < 1.29 is 9.53 Å². The molecule has 0 saturated carbocycles. The van der Waals surface area contributed by atoms with E-state index in [1.807, 2.05) is 24.3 Å². The van der Waals surface area contributed by atoms with Gasteiger partial charge in [0.25, 0.3) is 5.91 Å². The van der Waals surface area contributed by atoms with E-state index in [9.17, 15) is 4.79 Å². The summed E-state index contributed by atoms with van der Waals surface area (Å²) in [6.45, 7) is 0.0522. The molecule has 1 aromatic carbocycles. The quantitative estimate of drug-likeness (QED) is 0.916. The van der Waals surface area contributed by atoms with E-state index >= 15 is 0 Å². The van der Waals surface area contributed by atoms with Gasteiger partial charge in [0.15, 0.2) is 6.61 Å². The van der Waals surface area contributed by atoms with Crippen molar-refractivity contribution in [1.29, 1.82) is 5.26 Å². The molecule has 2 aromatic rings. The molecule has 5 nitrogen and oxygen atoms in total. The lowest BCUT2D eigenvalue weighted by molar-refractivity contribution is -0.118. The largest absolute Gasteiger partial charge is 0.482 e. The maximum atomic E-state index is 11.3. The molecule has 0 spiro atoms. The first-order chi connectivity index (χ1) is 9.74. The van der Waals surface area contributed by atoms with Gasteiger partial charge in [-0.3, -0.25) is 4.79 Å². The number of hydrogen-bond donors (Lipinski definition) is 1. The SMILES string of the molecule is N#Cc1ccc(Sc2ccc3c(c2)NC(=O)CO3)nc1. The van der Waals surface area contributed by atoms with Gasteiger partial charge < -0.3 is 10.1 Å². The molecule has 0 aliphatic carbocycles. The third-order valence-corrected chi connectivity index (χ3v) is 3.61. The molecule has 1 N–H and O–H groups in total. The number of aromatic nitrogens is 1. The number of nitrogens with zero attached hydrogens (tertiary/aromatic N) is 2. The minimum absolute atomic E-state index is 0.0522. The second kappa shape index (κ2) is 5.23. The number of benzene rings is 1. The van der Waals surface area contributed by atoms with E-state index in [1.54, 1.807) is 12.1 Å². The van der Waals surface area contributed by atoms with Gasteiger partial charge in [-0.2, -0.15) is 5.26 Å². The summed E-state index contributed by atoms with van der Waals surface area (Å²) >= 11 is 1.45. The molecular formula is C14H9N3O2S. The molecule has 3 rings (SSSR count). The predicted octanol–water partition coefficient (Wildman–Crippen LogP) is 2.44. The maximum Gasteiger partial charge on any atom is 0.262 e. The Kier molecular flexibility index (Phi) is 3.27. The number of carbonyl (C=O) groups is 1. The second-order valence-corrected chi connectivity index (χ2v) is 5.19. The van der Waals surface area contributed by atoms with Gasteiger partial charge in [0.1, 0.15) is 16.8 Å². The highest BCUT2D eigenvalue weighted by Gasteiger charge is 2.16. The smallest absolute Gasteiger partial charge is 0.262 e. The number of amides is 1. The number of anilines is 1. The van der Waals surface area contributed by atoms with E-state index in [0.717, 1.165) is 9.92 Å². The highest BCUT2D eigenvalue weighted by Crippen LogP contribution is 2.34. The van der Waals surface area contributed by atoms with E-state index < -0.39 is 0 Å². The van der Waals surface area contributed by atoms with Crippen molar-refractivity contribution in [2.75, 3.05) is 11.9 Å². The molecule has 0 atom stereocenters. The lowest BCUT2D eigenvalue weighted by Crippen LogP contribution is -2.25. The number of pyridine rings is 1. The molecule has 1 amide bonds. The normalized spacial score (nSPS) is 12.8. The number of fused-ring (bicyclic) bond motifs is 1. The number of nitrogens with one attached hydrogen (secondary N) is 1. The van der Waals surface area contributed by atoms with E-state index in [-0.39, 0.29) is 12.5 Å². The molecule has 2 heterocycles. The Balaban J connectivity index is 1.82. The highest BCUT2D eigenvalue weighted by molar-refractivity contribution is 7.99. The Bertz CT molecular complexity index is 707. The number of ether oxygens (including phenoxy) is 1. The first kappa shape index (κ1) is 12.5. The van der Waals surface area contributed by atoms with Crippen LogP contribution < -0.4 is 10.1 Å². The average Bonchev–Trinajstić information content (AvgIpc) is 2.47. The van der Waals surface area contributed by atoms with E-state index in [1.165, 1.54) is 18.0 Å². The molecule has 20 heavy (non-hydrogen) atoms. The van der Waals surface area contributed by atoms with Crippen LogP contribution in [0.15, 0.2) is 46.5 Å². The van der Waals surface area contributed by atoms with E-state index in [4.69, 9.17) is 10.00 Å². The topological polar surface area (TPSA) is 75.0 Å². The first-order valence-electron chi connectivity index (χ1n) is 5.85. The van der Waals surface area contributed by atoms with Crippen molar-refractivity contribution >= 4 is 23.4 Å². The van der Waals surface area contributed by atoms with Crippen molar-refractivity contribution in [2.24, 2.45) is 0 Å². The Morgan fingerprint density at radius 3 is 3.00 bits per heavy atom. The molecule has 98 valence electrons. The Labute approximate surface area is 119 Å². The summed E-state index contributed by atoms with van der Waals surface area (Å²) in [6, 6.07) is 11.1. The Morgan fingerprint density at radius 1 is 1.35 bits per heavy atom. The van der Waals surface area contributed by atoms with Crippen LogP contribution in [0.2, 0.25) is 0 Å². The van der Waals surface area contributed by atoms with Crippen LogP contribution in [0.3, 0.4) is 0 Å². The molecule has 0 unspecified atom stereocenters. The second-order valence-electron chi connectivity index (χ2n) is 4.09. The third-order valence-electron chi connectivity index (χ3n) is 2.67. The highest BCUT2D eigenvalue weighted by atomic mass is 32.2. The molecule has 1 aliphatic rings. The van der Waals surface area contributed by atoms with Crippen LogP contribution in [-0.4, -0.2) is 17.5 Å². The van der Waals surface area contributed by atoms with Crippen molar-refractivity contribution in [3.05, 3.63) is 42.1 Å². The molecule has 0 bridgehead atoms. The van der Waals surface area contributed by atoms with E-state index in [2.05, 4.69) is 10.3 Å². The molecular weight excluding hydrogens is 274 g/mol. The van der Waals surface area contributed by atoms with Gasteiger partial charge in [-0.1, -0.05) is 11.8 Å². The number of rotatable bonds is 2. The lowest BCUT2D eigenvalue weighted by atomic mass is 10.2. The fourth-order valence-corrected chi connectivity index (χ4v) is 2.55. The van der Waals surface area contributed by atoms with Gasteiger partial charge in [-0.05, 0) is 30.3 Å². The van der Waals surface area contributed by atoms with Gasteiger partial charge in [0.2, 0.25) is 0 Å². The Hall–Kier alpha value is -2.52. The zero-order valence-electron chi connectivity index (χ0n) is 10.3. The zero-order valence-corrected chi connectivity index (χ0v) is 11.1. The standard InChI is InChI=1S/C14H9N3O2S/c15-6-9-1-4-14(16-7-9)20-10-2-3-12-11(5-10)17-13(18)8-19-12/h1-5,7H,8H2,(H,17,18). The molecule has 0 saturated heterocycles. The Morgan fingerprint density at radius 2 is 2.25 bits per heavy atom. The lowest BCUT2D eigenvalue weighted by Gasteiger charge is -2.18. The number of hydrogen-bond acceptors (Lipinski definition) is 5. The van der Waals surface area contributed by atoms with Crippen LogP contribution in [0.25, 0.3) is 0 Å². The number of carbonyl (C=O) groups excluding carboxylic acids is 1. The third kappa shape index (κ3) is 2.58. The zero-order chi connectivity index (χ0) is 13.9. The molecule has 0 radical (unpaired) electrons. The van der Waals surface area contributed by atoms with Gasteiger partial charge in [-0.15, -0.1) is 0 Å². The minimum atomic E-state index is -0.156. The van der Waals surface area contributed by atoms with Gasteiger partial charge in [0, 0.05) is 11.1 Å². The molecule has 0 fully saturated rings. The van der Waals surface area contributed by atoms with Crippen LogP contribution in [0.4, 0.5) is 5.69 Å². The van der Waals surface area contributed by atoms with Crippen molar-refractivity contribution in [3.63, 3.8) is 0 Å². The van der Waals surface area contributed by atoms with Crippen LogP contribution in [0.5, 0.6) is 5.75 Å². The predicted molar refractivity (Wildman–Crippen MR) is 73.6 cm³/mol. The van der Waals surface area contributed by atoms with Gasteiger partial charge in [-0.25, -0.2) is 4.98 Å². The summed E-state index contributed by atoms with van der Waals surface area (Å²) in [5, 5.41) is 12.3. The summed E-state index contributed by atoms with van der Waals surface area (Å²) in [7, 11) is 0. The van der Waals surface area contributed by atoms with Crippen LogP contribution >= 0.6 is 11.8 Å². The number of nitriles is 1. The van der Waals surface area contributed by atoms with Gasteiger partial charge >= 0.3 is 0 Å². The summed E-state index contributed by atoms with van der Waals surface area (Å²) in [6.07, 6.45) is 1.53. The van der Waals surface area contributed by atoms with Crippen LogP contribution in [-0.2, 0) is 4.79 Å². The summed E-state index contributed by atoms with van der Waals surface area (Å²) in [5.41, 5.74) is 1.19. The van der Waals surface area contributed by atoms with Gasteiger partial charge in [0.05, 0.1) is 11.3 Å². The average molecular weight is 283 g/mol. The first-order valence-corrected chi connectivity index (χ1v) is 6.67. The summed E-state index contributed by atoms with van der Waals surface area (Å²) in [4.78, 5) is 16.4. The van der Waals surface area contributed by atoms with Crippen LogP contribution in [0.1, 0.15) is 5.56 Å². The van der Waals surface area contributed by atoms with Crippen molar-refractivity contribution in [2.45, 2.75) is 9.92 Å². The molecule has 6 heteroatoms. The molecule has 1 aliphatic heterocycles. The summed E-state index contributed by atoms with van der Waals surface area (Å²) in [5.74, 6) is 0.512.